The Kier molecular flexibility index (Phi) is 6.74. The lowest BCUT2D eigenvalue weighted by Crippen LogP contribution is -2.15. The first-order chi connectivity index (χ1) is 16.0. The molecule has 0 bridgehead atoms. The van der Waals surface area contributed by atoms with Crippen LogP contribution in [0.5, 0.6) is 5.75 Å². The van der Waals surface area contributed by atoms with Crippen molar-refractivity contribution in [1.29, 1.82) is 0 Å². The van der Waals surface area contributed by atoms with Gasteiger partial charge in [-0.05, 0) is 56.7 Å². The van der Waals surface area contributed by atoms with E-state index in [9.17, 15) is 4.79 Å². The first-order valence-electron chi connectivity index (χ1n) is 10.4. The topological polar surface area (TPSA) is 108 Å². The van der Waals surface area contributed by atoms with E-state index < -0.39 is 0 Å². The minimum absolute atomic E-state index is 0.112. The van der Waals surface area contributed by atoms with Crippen molar-refractivity contribution in [3.8, 4) is 28.9 Å². The third-order valence-corrected chi connectivity index (χ3v) is 5.95. The van der Waals surface area contributed by atoms with E-state index in [1.54, 1.807) is 7.11 Å². The maximum Gasteiger partial charge on any atom is 0.296 e. The smallest absolute Gasteiger partial charge is 0.296 e. The Labute approximate surface area is 195 Å². The van der Waals surface area contributed by atoms with Gasteiger partial charge in [0.25, 0.3) is 5.89 Å². The molecule has 1 amide bonds. The van der Waals surface area contributed by atoms with Crippen LogP contribution >= 0.6 is 11.8 Å². The number of anilines is 1. The second kappa shape index (κ2) is 9.86. The largest absolute Gasteiger partial charge is 0.497 e. The number of hydrogen-bond acceptors (Lipinski definition) is 8. The Morgan fingerprint density at radius 1 is 1.15 bits per heavy atom. The molecule has 0 radical (unpaired) electrons. The number of rotatable bonds is 8. The Bertz CT molecular complexity index is 1270. The molecule has 0 atom stereocenters. The highest BCUT2D eigenvalue weighted by Gasteiger charge is 2.20. The van der Waals surface area contributed by atoms with Gasteiger partial charge >= 0.3 is 0 Å². The molecule has 0 aliphatic carbocycles. The molecule has 9 nitrogen and oxygen atoms in total. The monoisotopic (exact) mass is 464 g/mol. The summed E-state index contributed by atoms with van der Waals surface area (Å²) >= 11 is 1.30. The number of ether oxygens (including phenoxy) is 1. The van der Waals surface area contributed by atoms with Crippen LogP contribution in [0.15, 0.2) is 52.1 Å². The maximum atomic E-state index is 12.5. The second-order valence-corrected chi connectivity index (χ2v) is 8.30. The lowest BCUT2D eigenvalue weighted by Gasteiger charge is -2.09. The quantitative estimate of drug-likeness (QED) is 0.383. The molecule has 33 heavy (non-hydrogen) atoms. The van der Waals surface area contributed by atoms with Crippen LogP contribution in [0.4, 0.5) is 5.69 Å². The summed E-state index contributed by atoms with van der Waals surface area (Å²) < 4.78 is 12.5. The van der Waals surface area contributed by atoms with Gasteiger partial charge in [0.15, 0.2) is 5.16 Å². The predicted molar refractivity (Wildman–Crippen MR) is 126 cm³/mol. The zero-order valence-corrected chi connectivity index (χ0v) is 19.6. The Hall–Kier alpha value is -3.66. The molecule has 0 saturated carbocycles. The molecule has 170 valence electrons. The fourth-order valence-electron chi connectivity index (χ4n) is 3.28. The van der Waals surface area contributed by atoms with Crippen molar-refractivity contribution in [2.75, 3.05) is 18.2 Å². The zero-order valence-electron chi connectivity index (χ0n) is 18.8. The van der Waals surface area contributed by atoms with Gasteiger partial charge in [0.2, 0.25) is 17.6 Å². The second-order valence-electron chi connectivity index (χ2n) is 7.36. The van der Waals surface area contributed by atoms with E-state index in [0.29, 0.717) is 23.4 Å². The molecule has 2 aromatic heterocycles. The van der Waals surface area contributed by atoms with Gasteiger partial charge in [0.05, 0.1) is 12.9 Å². The first kappa shape index (κ1) is 22.5. The van der Waals surface area contributed by atoms with Gasteiger partial charge in [0, 0.05) is 17.8 Å². The van der Waals surface area contributed by atoms with Crippen LogP contribution < -0.4 is 10.1 Å². The summed E-state index contributed by atoms with van der Waals surface area (Å²) in [4.78, 5) is 16.9. The number of thioether (sulfide) groups is 1. The van der Waals surface area contributed by atoms with Gasteiger partial charge in [0.1, 0.15) is 5.75 Å². The van der Waals surface area contributed by atoms with Gasteiger partial charge in [-0.15, -0.1) is 10.2 Å². The Balaban J connectivity index is 1.46. The third kappa shape index (κ3) is 5.06. The number of hydrogen-bond donors (Lipinski definition) is 1. The fourth-order valence-corrected chi connectivity index (χ4v) is 4.08. The van der Waals surface area contributed by atoms with Crippen molar-refractivity contribution in [2.24, 2.45) is 0 Å². The number of methoxy groups -OCH3 is 1. The number of carbonyl (C=O) groups excluding carboxylic acids is 1. The molecule has 4 rings (SSSR count). The Morgan fingerprint density at radius 2 is 1.94 bits per heavy atom. The molecule has 4 aromatic rings. The van der Waals surface area contributed by atoms with Crippen molar-refractivity contribution in [1.82, 2.24) is 24.9 Å². The van der Waals surface area contributed by atoms with Crippen LogP contribution in [0.25, 0.3) is 23.1 Å². The number of benzene rings is 2. The standard InChI is InChI=1S/C23H24N6O3S/c1-5-29-21(22-25-20(28-32-22)16-7-9-17(31-4)10-8-16)26-27-23(29)33-13-19(30)24-18-11-6-14(2)12-15(18)3/h6-12H,5,13H2,1-4H3,(H,24,30). The highest BCUT2D eigenvalue weighted by molar-refractivity contribution is 7.99. The molecule has 0 unspecified atom stereocenters. The summed E-state index contributed by atoms with van der Waals surface area (Å²) in [7, 11) is 1.61. The average Bonchev–Trinajstić information content (AvgIpc) is 3.46. The molecule has 2 heterocycles. The summed E-state index contributed by atoms with van der Waals surface area (Å²) in [5, 5.41) is 16.1. The molecule has 10 heteroatoms. The van der Waals surface area contributed by atoms with Gasteiger partial charge < -0.3 is 14.6 Å². The van der Waals surface area contributed by atoms with Gasteiger partial charge in [-0.2, -0.15) is 4.98 Å². The molecule has 0 aliphatic heterocycles. The fraction of sp³-hybridized carbons (Fsp3) is 0.261. The molecule has 0 saturated heterocycles. The minimum Gasteiger partial charge on any atom is -0.497 e. The van der Waals surface area contributed by atoms with Crippen molar-refractivity contribution < 1.29 is 14.1 Å². The van der Waals surface area contributed by atoms with Gasteiger partial charge in [-0.25, -0.2) is 0 Å². The van der Waals surface area contributed by atoms with Crippen LogP contribution in [0.2, 0.25) is 0 Å². The highest BCUT2D eigenvalue weighted by Crippen LogP contribution is 2.26. The number of aromatic nitrogens is 5. The highest BCUT2D eigenvalue weighted by atomic mass is 32.2. The number of nitrogens with one attached hydrogen (secondary N) is 1. The SMILES string of the molecule is CCn1c(SCC(=O)Nc2ccc(C)cc2C)nnc1-c1nc(-c2ccc(OC)cc2)no1. The van der Waals surface area contributed by atoms with E-state index in [-0.39, 0.29) is 17.6 Å². The Morgan fingerprint density at radius 3 is 2.64 bits per heavy atom. The summed E-state index contributed by atoms with van der Waals surface area (Å²) in [6, 6.07) is 13.3. The third-order valence-electron chi connectivity index (χ3n) is 4.99. The maximum absolute atomic E-state index is 12.5. The average molecular weight is 465 g/mol. The van der Waals surface area contributed by atoms with Crippen LogP contribution in [0.1, 0.15) is 18.1 Å². The van der Waals surface area contributed by atoms with Crippen molar-refractivity contribution >= 4 is 23.4 Å². The van der Waals surface area contributed by atoms with E-state index in [1.165, 1.54) is 11.8 Å². The molecule has 2 aromatic carbocycles. The van der Waals surface area contributed by atoms with Crippen molar-refractivity contribution in [2.45, 2.75) is 32.5 Å². The lowest BCUT2D eigenvalue weighted by atomic mass is 10.1. The lowest BCUT2D eigenvalue weighted by molar-refractivity contribution is -0.113. The number of carbonyl (C=O) groups is 1. The molecule has 1 N–H and O–H groups in total. The van der Waals surface area contributed by atoms with E-state index in [0.717, 1.165) is 28.1 Å². The van der Waals surface area contributed by atoms with Crippen LogP contribution in [-0.2, 0) is 11.3 Å². The first-order valence-corrected chi connectivity index (χ1v) is 11.4. The summed E-state index contributed by atoms with van der Waals surface area (Å²) in [6.45, 7) is 6.55. The van der Waals surface area contributed by atoms with E-state index >= 15 is 0 Å². The summed E-state index contributed by atoms with van der Waals surface area (Å²) in [5.41, 5.74) is 3.78. The zero-order chi connectivity index (χ0) is 23.4. The molecular weight excluding hydrogens is 440 g/mol. The van der Waals surface area contributed by atoms with E-state index in [1.807, 2.05) is 67.8 Å². The van der Waals surface area contributed by atoms with Crippen molar-refractivity contribution in [3.63, 3.8) is 0 Å². The van der Waals surface area contributed by atoms with Crippen molar-refractivity contribution in [3.05, 3.63) is 53.6 Å². The van der Waals surface area contributed by atoms with Crippen LogP contribution in [-0.4, -0.2) is 43.7 Å². The predicted octanol–water partition coefficient (Wildman–Crippen LogP) is 4.37. The number of amides is 1. The normalized spacial score (nSPS) is 10.9. The number of nitrogens with zero attached hydrogens (tertiary/aromatic N) is 5. The summed E-state index contributed by atoms with van der Waals surface area (Å²) in [6.07, 6.45) is 0. The van der Waals surface area contributed by atoms with Gasteiger partial charge in [-0.3, -0.25) is 9.36 Å². The number of aryl methyl sites for hydroxylation is 2. The van der Waals surface area contributed by atoms with Crippen LogP contribution in [0, 0.1) is 13.8 Å². The molecule has 0 spiro atoms. The summed E-state index contributed by atoms with van der Waals surface area (Å²) in [5.74, 6) is 2.01. The molecular formula is C23H24N6O3S. The minimum atomic E-state index is -0.112. The van der Waals surface area contributed by atoms with Gasteiger partial charge in [-0.1, -0.05) is 34.6 Å². The molecule has 0 aliphatic rings. The van der Waals surface area contributed by atoms with Crippen LogP contribution in [0.3, 0.4) is 0 Å². The molecule has 0 fully saturated rings. The van der Waals surface area contributed by atoms with E-state index in [2.05, 4.69) is 25.7 Å². The van der Waals surface area contributed by atoms with E-state index in [4.69, 9.17) is 9.26 Å².